The predicted octanol–water partition coefficient (Wildman–Crippen LogP) is 3.68. The summed E-state index contributed by atoms with van der Waals surface area (Å²) in [7, 11) is 0. The Morgan fingerprint density at radius 2 is 1.82 bits per heavy atom. The van der Waals surface area contributed by atoms with Crippen LogP contribution in [0.15, 0.2) is 42.5 Å². The molecule has 0 saturated carbocycles. The van der Waals surface area contributed by atoms with E-state index in [1.54, 1.807) is 0 Å². The molecule has 0 aliphatic carbocycles. The van der Waals surface area contributed by atoms with Gasteiger partial charge in [0.1, 0.15) is 5.75 Å². The Labute approximate surface area is 129 Å². The van der Waals surface area contributed by atoms with Crippen molar-refractivity contribution < 1.29 is 9.53 Å². The van der Waals surface area contributed by atoms with Gasteiger partial charge in [-0.2, -0.15) is 5.10 Å². The molecule has 0 amide bonds. The maximum absolute atomic E-state index is 12.2. The summed E-state index contributed by atoms with van der Waals surface area (Å²) < 4.78 is 7.05. The third kappa shape index (κ3) is 2.60. The molecule has 0 unspecified atom stereocenters. The second-order valence-corrected chi connectivity index (χ2v) is 5.40. The van der Waals surface area contributed by atoms with Crippen molar-refractivity contribution in [1.29, 1.82) is 0 Å². The Hall–Kier alpha value is -2.62. The molecule has 4 heteroatoms. The van der Waals surface area contributed by atoms with Gasteiger partial charge in [-0.25, -0.2) is 4.68 Å². The lowest BCUT2D eigenvalue weighted by molar-refractivity contribution is 0.0818. The molecule has 0 bridgehead atoms. The predicted molar refractivity (Wildman–Crippen MR) is 86.5 cm³/mol. The van der Waals surface area contributed by atoms with E-state index in [1.807, 2.05) is 63.2 Å². The summed E-state index contributed by atoms with van der Waals surface area (Å²) in [6, 6.07) is 13.9. The molecular formula is C18H18N2O2. The fraction of sp³-hybridized carbons (Fsp3) is 0.222. The number of ether oxygens (including phenoxy) is 1. The Kier molecular flexibility index (Phi) is 3.67. The van der Waals surface area contributed by atoms with Crippen LogP contribution >= 0.6 is 0 Å². The maximum Gasteiger partial charge on any atom is 0.284 e. The van der Waals surface area contributed by atoms with E-state index in [4.69, 9.17) is 4.74 Å². The van der Waals surface area contributed by atoms with Gasteiger partial charge in [0.25, 0.3) is 5.91 Å². The minimum absolute atomic E-state index is 0.0280. The van der Waals surface area contributed by atoms with Crippen molar-refractivity contribution in [2.24, 2.45) is 0 Å². The first-order chi connectivity index (χ1) is 10.6. The second-order valence-electron chi connectivity index (χ2n) is 5.40. The van der Waals surface area contributed by atoms with Crippen molar-refractivity contribution in [1.82, 2.24) is 9.78 Å². The van der Waals surface area contributed by atoms with E-state index in [1.165, 1.54) is 4.68 Å². The van der Waals surface area contributed by atoms with Crippen molar-refractivity contribution in [3.8, 4) is 5.75 Å². The number of aromatic nitrogens is 2. The van der Waals surface area contributed by atoms with Gasteiger partial charge in [0.15, 0.2) is 6.61 Å². The lowest BCUT2D eigenvalue weighted by Gasteiger charge is -2.08. The van der Waals surface area contributed by atoms with E-state index in [-0.39, 0.29) is 12.5 Å². The van der Waals surface area contributed by atoms with Gasteiger partial charge >= 0.3 is 0 Å². The molecule has 0 aliphatic heterocycles. The molecule has 0 atom stereocenters. The number of nitrogens with zero attached hydrogens (tertiary/aromatic N) is 2. The van der Waals surface area contributed by atoms with Crippen LogP contribution in [-0.4, -0.2) is 22.3 Å². The molecule has 3 aromatic rings. The molecule has 0 aliphatic rings. The fourth-order valence-corrected chi connectivity index (χ4v) is 2.43. The highest BCUT2D eigenvalue weighted by molar-refractivity contribution is 5.84. The van der Waals surface area contributed by atoms with E-state index < -0.39 is 0 Å². The lowest BCUT2D eigenvalue weighted by Crippen LogP contribution is -2.21. The van der Waals surface area contributed by atoms with Gasteiger partial charge in [0, 0.05) is 5.69 Å². The minimum atomic E-state index is -0.165. The molecular weight excluding hydrogens is 276 g/mol. The molecule has 0 fully saturated rings. The minimum Gasteiger partial charge on any atom is -0.484 e. The quantitative estimate of drug-likeness (QED) is 0.740. The van der Waals surface area contributed by atoms with Crippen molar-refractivity contribution in [2.45, 2.75) is 20.8 Å². The van der Waals surface area contributed by atoms with E-state index in [0.29, 0.717) is 5.75 Å². The molecule has 1 aromatic heterocycles. The number of fused-ring (bicyclic) bond motifs is 1. The summed E-state index contributed by atoms with van der Waals surface area (Å²) in [5.41, 5.74) is 2.78. The number of carbonyl (C=O) groups excluding carboxylic acids is 1. The molecule has 0 N–H and O–H groups in total. The van der Waals surface area contributed by atoms with Gasteiger partial charge in [-0.15, -0.1) is 0 Å². The molecule has 3 rings (SSSR count). The molecule has 0 spiro atoms. The van der Waals surface area contributed by atoms with Crippen molar-refractivity contribution >= 4 is 16.7 Å². The van der Waals surface area contributed by atoms with Crippen LogP contribution in [0.1, 0.15) is 21.7 Å². The maximum atomic E-state index is 12.2. The highest BCUT2D eigenvalue weighted by atomic mass is 16.5. The summed E-state index contributed by atoms with van der Waals surface area (Å²) in [5, 5.41) is 6.50. The van der Waals surface area contributed by atoms with E-state index in [0.717, 1.165) is 27.7 Å². The largest absolute Gasteiger partial charge is 0.484 e. The fourth-order valence-electron chi connectivity index (χ4n) is 2.43. The van der Waals surface area contributed by atoms with Crippen LogP contribution in [0, 0.1) is 20.8 Å². The lowest BCUT2D eigenvalue weighted by atomic mass is 10.1. The highest BCUT2D eigenvalue weighted by Gasteiger charge is 2.14. The zero-order chi connectivity index (χ0) is 15.7. The normalized spacial score (nSPS) is 10.9. The summed E-state index contributed by atoms with van der Waals surface area (Å²) in [5.74, 6) is 0.521. The van der Waals surface area contributed by atoms with Gasteiger partial charge < -0.3 is 4.74 Å². The van der Waals surface area contributed by atoms with Gasteiger partial charge in [-0.3, -0.25) is 4.79 Å². The molecule has 4 nitrogen and oxygen atoms in total. The van der Waals surface area contributed by atoms with Gasteiger partial charge in [0.05, 0.1) is 5.69 Å². The molecule has 1 heterocycles. The number of hydrogen-bond donors (Lipinski definition) is 0. The Morgan fingerprint density at radius 3 is 2.50 bits per heavy atom. The molecule has 2 aromatic carbocycles. The van der Waals surface area contributed by atoms with Gasteiger partial charge in [-0.1, -0.05) is 30.3 Å². The first-order valence-electron chi connectivity index (χ1n) is 7.24. The van der Waals surface area contributed by atoms with E-state index in [9.17, 15) is 4.79 Å². The summed E-state index contributed by atoms with van der Waals surface area (Å²) in [6.07, 6.45) is 0. The van der Waals surface area contributed by atoms with Gasteiger partial charge in [-0.05, 0) is 49.2 Å². The van der Waals surface area contributed by atoms with Crippen molar-refractivity contribution in [3.05, 3.63) is 59.4 Å². The molecule has 0 saturated heterocycles. The van der Waals surface area contributed by atoms with Crippen LogP contribution in [0.25, 0.3) is 10.8 Å². The van der Waals surface area contributed by atoms with E-state index in [2.05, 4.69) is 5.10 Å². The molecule has 22 heavy (non-hydrogen) atoms. The number of benzene rings is 2. The Bertz CT molecular complexity index is 849. The van der Waals surface area contributed by atoms with E-state index >= 15 is 0 Å². The van der Waals surface area contributed by atoms with Crippen molar-refractivity contribution in [2.75, 3.05) is 6.61 Å². The average molecular weight is 294 g/mol. The average Bonchev–Trinajstić information content (AvgIpc) is 2.80. The monoisotopic (exact) mass is 294 g/mol. The van der Waals surface area contributed by atoms with Crippen LogP contribution in [-0.2, 0) is 0 Å². The van der Waals surface area contributed by atoms with Gasteiger partial charge in [0.2, 0.25) is 0 Å². The number of carbonyl (C=O) groups is 1. The van der Waals surface area contributed by atoms with Crippen LogP contribution in [0.3, 0.4) is 0 Å². The third-order valence-electron chi connectivity index (χ3n) is 3.97. The first-order valence-corrected chi connectivity index (χ1v) is 7.24. The molecule has 0 radical (unpaired) electrons. The number of hydrogen-bond acceptors (Lipinski definition) is 3. The first kappa shape index (κ1) is 14.3. The Morgan fingerprint density at radius 1 is 1.09 bits per heavy atom. The SMILES string of the molecule is Cc1nn(C(=O)COc2ccc3ccccc3c2)c(C)c1C. The highest BCUT2D eigenvalue weighted by Crippen LogP contribution is 2.20. The van der Waals surface area contributed by atoms with Crippen LogP contribution in [0.5, 0.6) is 5.75 Å². The number of rotatable bonds is 3. The summed E-state index contributed by atoms with van der Waals surface area (Å²) in [4.78, 5) is 12.2. The summed E-state index contributed by atoms with van der Waals surface area (Å²) >= 11 is 0. The number of aryl methyl sites for hydroxylation is 1. The van der Waals surface area contributed by atoms with Crippen molar-refractivity contribution in [3.63, 3.8) is 0 Å². The zero-order valence-corrected chi connectivity index (χ0v) is 13.0. The standard InChI is InChI=1S/C18H18N2O2/c1-12-13(2)19-20(14(12)3)18(21)11-22-17-9-8-15-6-4-5-7-16(15)10-17/h4-10H,11H2,1-3H3. The zero-order valence-electron chi connectivity index (χ0n) is 13.0. The Balaban J connectivity index is 1.75. The van der Waals surface area contributed by atoms with Crippen LogP contribution in [0.2, 0.25) is 0 Å². The smallest absolute Gasteiger partial charge is 0.284 e. The topological polar surface area (TPSA) is 44.1 Å². The third-order valence-corrected chi connectivity index (χ3v) is 3.97. The second kappa shape index (κ2) is 5.64. The van der Waals surface area contributed by atoms with Crippen LogP contribution in [0.4, 0.5) is 0 Å². The summed E-state index contributed by atoms with van der Waals surface area (Å²) in [6.45, 7) is 5.73. The molecule has 112 valence electrons. The van der Waals surface area contributed by atoms with Crippen LogP contribution < -0.4 is 4.74 Å².